The molecule has 0 spiro atoms. The van der Waals surface area contributed by atoms with Crippen molar-refractivity contribution in [2.45, 2.75) is 18.9 Å². The molecule has 3 rings (SSSR count). The van der Waals surface area contributed by atoms with Crippen molar-refractivity contribution in [2.24, 2.45) is 0 Å². The summed E-state index contributed by atoms with van der Waals surface area (Å²) in [7, 11) is 0. The van der Waals surface area contributed by atoms with Gasteiger partial charge in [-0.25, -0.2) is 0 Å². The molecule has 2 N–H and O–H groups in total. The second-order valence-electron chi connectivity index (χ2n) is 4.58. The highest BCUT2D eigenvalue weighted by molar-refractivity contribution is 5.95. The average Bonchev–Trinajstić information content (AvgIpc) is 2.39. The van der Waals surface area contributed by atoms with Gasteiger partial charge in [-0.2, -0.15) is 0 Å². The Hall–Kier alpha value is -1.46. The second-order valence-corrected chi connectivity index (χ2v) is 4.58. The molecule has 1 atom stereocenters. The van der Waals surface area contributed by atoms with Gasteiger partial charge in [0.2, 0.25) is 0 Å². The maximum Gasteiger partial charge on any atom is 0.262 e. The van der Waals surface area contributed by atoms with Crippen molar-refractivity contribution in [2.75, 3.05) is 25.0 Å². The molecular weight excluding hydrogens is 268 g/mol. The van der Waals surface area contributed by atoms with E-state index < -0.39 is 0 Å². The van der Waals surface area contributed by atoms with Crippen molar-refractivity contribution in [1.82, 2.24) is 5.32 Å². The van der Waals surface area contributed by atoms with Crippen LogP contribution in [0.2, 0.25) is 0 Å². The Kier molecular flexibility index (Phi) is 4.50. The van der Waals surface area contributed by atoms with Crippen LogP contribution in [0.5, 0.6) is 11.5 Å². The zero-order chi connectivity index (χ0) is 12.4. The highest BCUT2D eigenvalue weighted by Crippen LogP contribution is 2.32. The van der Waals surface area contributed by atoms with Crippen LogP contribution in [0.4, 0.5) is 5.69 Å². The number of fused-ring (bicyclic) bond motifs is 1. The number of piperidine rings is 1. The molecule has 0 saturated carbocycles. The summed E-state index contributed by atoms with van der Waals surface area (Å²) >= 11 is 0. The normalized spacial score (nSPS) is 21.5. The average molecular weight is 285 g/mol. The van der Waals surface area contributed by atoms with E-state index in [0.717, 1.165) is 31.7 Å². The standard InChI is InChI=1S/C13H16N2O3.ClH/c16-13-8-17-12-4-3-9(6-11(12)15-13)18-10-2-1-5-14-7-10;/h3-4,6,10,14H,1-2,5,7-8H2,(H,15,16);1H. The van der Waals surface area contributed by atoms with E-state index in [1.165, 1.54) is 0 Å². The number of hydrogen-bond donors (Lipinski definition) is 2. The molecule has 0 aliphatic carbocycles. The van der Waals surface area contributed by atoms with Crippen molar-refractivity contribution in [3.05, 3.63) is 18.2 Å². The molecule has 104 valence electrons. The minimum Gasteiger partial charge on any atom is -0.489 e. The molecule has 1 amide bonds. The summed E-state index contributed by atoms with van der Waals surface area (Å²) in [5, 5.41) is 6.08. The van der Waals surface area contributed by atoms with E-state index in [-0.39, 0.29) is 31.0 Å². The van der Waals surface area contributed by atoms with Gasteiger partial charge in [-0.1, -0.05) is 0 Å². The Morgan fingerprint density at radius 3 is 3.05 bits per heavy atom. The van der Waals surface area contributed by atoms with E-state index in [9.17, 15) is 4.79 Å². The molecule has 0 aromatic heterocycles. The summed E-state index contributed by atoms with van der Waals surface area (Å²) in [6.45, 7) is 2.02. The van der Waals surface area contributed by atoms with Gasteiger partial charge in [-0.15, -0.1) is 12.4 Å². The van der Waals surface area contributed by atoms with Crippen LogP contribution in [-0.2, 0) is 4.79 Å². The van der Waals surface area contributed by atoms with Gasteiger partial charge >= 0.3 is 0 Å². The number of halogens is 1. The number of rotatable bonds is 2. The summed E-state index contributed by atoms with van der Waals surface area (Å²) in [6, 6.07) is 5.53. The second kappa shape index (κ2) is 6.12. The Morgan fingerprint density at radius 2 is 2.26 bits per heavy atom. The third-order valence-electron chi connectivity index (χ3n) is 3.14. The fraction of sp³-hybridized carbons (Fsp3) is 0.462. The lowest BCUT2D eigenvalue weighted by Crippen LogP contribution is -2.37. The zero-order valence-electron chi connectivity index (χ0n) is 10.5. The SMILES string of the molecule is Cl.O=C1COc2ccc(OC3CCCNC3)cc2N1. The molecule has 1 saturated heterocycles. The van der Waals surface area contributed by atoms with Gasteiger partial charge in [0.25, 0.3) is 5.91 Å². The van der Waals surface area contributed by atoms with Crippen LogP contribution < -0.4 is 20.1 Å². The molecule has 0 bridgehead atoms. The Balaban J connectivity index is 0.00000133. The maximum absolute atomic E-state index is 11.2. The summed E-state index contributed by atoms with van der Waals surface area (Å²) in [4.78, 5) is 11.2. The first-order valence-electron chi connectivity index (χ1n) is 6.25. The quantitative estimate of drug-likeness (QED) is 0.865. The van der Waals surface area contributed by atoms with Crippen molar-refractivity contribution in [3.8, 4) is 11.5 Å². The number of anilines is 1. The third-order valence-corrected chi connectivity index (χ3v) is 3.14. The van der Waals surface area contributed by atoms with Gasteiger partial charge in [0.05, 0.1) is 5.69 Å². The molecule has 2 aliphatic heterocycles. The molecule has 1 aromatic rings. The van der Waals surface area contributed by atoms with Gasteiger partial charge in [0, 0.05) is 12.6 Å². The molecule has 5 nitrogen and oxygen atoms in total. The lowest BCUT2D eigenvalue weighted by atomic mass is 10.1. The van der Waals surface area contributed by atoms with Crippen LogP contribution in [0.15, 0.2) is 18.2 Å². The topological polar surface area (TPSA) is 59.6 Å². The van der Waals surface area contributed by atoms with E-state index in [1.807, 2.05) is 18.2 Å². The van der Waals surface area contributed by atoms with E-state index in [0.29, 0.717) is 11.4 Å². The predicted molar refractivity (Wildman–Crippen MR) is 74.3 cm³/mol. The first kappa shape index (κ1) is 14.0. The molecule has 1 aromatic carbocycles. The number of benzene rings is 1. The van der Waals surface area contributed by atoms with Crippen LogP contribution in [-0.4, -0.2) is 31.7 Å². The van der Waals surface area contributed by atoms with Crippen LogP contribution in [0, 0.1) is 0 Å². The Bertz CT molecular complexity index is 461. The van der Waals surface area contributed by atoms with Gasteiger partial charge in [-0.3, -0.25) is 4.79 Å². The van der Waals surface area contributed by atoms with Crippen LogP contribution >= 0.6 is 12.4 Å². The zero-order valence-corrected chi connectivity index (χ0v) is 11.3. The molecule has 6 heteroatoms. The van der Waals surface area contributed by atoms with E-state index in [2.05, 4.69) is 10.6 Å². The Labute approximate surface area is 118 Å². The fourth-order valence-corrected chi connectivity index (χ4v) is 2.25. The minimum atomic E-state index is -0.126. The largest absolute Gasteiger partial charge is 0.489 e. The van der Waals surface area contributed by atoms with Crippen molar-refractivity contribution < 1.29 is 14.3 Å². The lowest BCUT2D eigenvalue weighted by Gasteiger charge is -2.25. The number of carbonyl (C=O) groups excluding carboxylic acids is 1. The van der Waals surface area contributed by atoms with Crippen molar-refractivity contribution in [1.29, 1.82) is 0 Å². The summed E-state index contributed by atoms with van der Waals surface area (Å²) in [5.74, 6) is 1.34. The van der Waals surface area contributed by atoms with Crippen LogP contribution in [0.1, 0.15) is 12.8 Å². The minimum absolute atomic E-state index is 0. The fourth-order valence-electron chi connectivity index (χ4n) is 2.25. The predicted octanol–water partition coefficient (Wildman–Crippen LogP) is 1.57. The van der Waals surface area contributed by atoms with Gasteiger partial charge in [0.15, 0.2) is 6.61 Å². The number of nitrogens with one attached hydrogen (secondary N) is 2. The molecule has 1 unspecified atom stereocenters. The molecule has 1 fully saturated rings. The van der Waals surface area contributed by atoms with Crippen LogP contribution in [0.3, 0.4) is 0 Å². The van der Waals surface area contributed by atoms with Gasteiger partial charge in [0.1, 0.15) is 17.6 Å². The summed E-state index contributed by atoms with van der Waals surface area (Å²) in [5.41, 5.74) is 0.688. The summed E-state index contributed by atoms with van der Waals surface area (Å²) < 4.78 is 11.2. The molecule has 2 heterocycles. The first-order chi connectivity index (χ1) is 8.81. The first-order valence-corrected chi connectivity index (χ1v) is 6.25. The van der Waals surface area contributed by atoms with Crippen molar-refractivity contribution >= 4 is 24.0 Å². The smallest absolute Gasteiger partial charge is 0.262 e. The Morgan fingerprint density at radius 1 is 1.37 bits per heavy atom. The molecule has 19 heavy (non-hydrogen) atoms. The van der Waals surface area contributed by atoms with Gasteiger partial charge < -0.3 is 20.1 Å². The highest BCUT2D eigenvalue weighted by atomic mass is 35.5. The number of amides is 1. The van der Waals surface area contributed by atoms with Gasteiger partial charge in [-0.05, 0) is 31.5 Å². The third kappa shape index (κ3) is 3.30. The van der Waals surface area contributed by atoms with E-state index in [1.54, 1.807) is 0 Å². The molecule has 0 radical (unpaired) electrons. The highest BCUT2D eigenvalue weighted by Gasteiger charge is 2.18. The van der Waals surface area contributed by atoms with E-state index >= 15 is 0 Å². The van der Waals surface area contributed by atoms with Crippen LogP contribution in [0.25, 0.3) is 0 Å². The monoisotopic (exact) mass is 284 g/mol. The molecule has 2 aliphatic rings. The molecular formula is C13H17ClN2O3. The number of carbonyl (C=O) groups is 1. The maximum atomic E-state index is 11.2. The lowest BCUT2D eigenvalue weighted by molar-refractivity contribution is -0.118. The summed E-state index contributed by atoms with van der Waals surface area (Å²) in [6.07, 6.45) is 2.40. The number of hydrogen-bond acceptors (Lipinski definition) is 4. The van der Waals surface area contributed by atoms with Crippen molar-refractivity contribution in [3.63, 3.8) is 0 Å². The van der Waals surface area contributed by atoms with E-state index in [4.69, 9.17) is 9.47 Å². The number of ether oxygens (including phenoxy) is 2.